The Balaban J connectivity index is 3.82. The van der Waals surface area contributed by atoms with Crippen LogP contribution in [0.1, 0.15) is 136 Å². The van der Waals surface area contributed by atoms with E-state index in [1.165, 1.54) is 64.2 Å². The highest BCUT2D eigenvalue weighted by Crippen LogP contribution is 2.12. The monoisotopic (exact) mass is 521 g/mol. The lowest BCUT2D eigenvalue weighted by Crippen LogP contribution is -2.50. The average Bonchev–Trinajstić information content (AvgIpc) is 2.90. The van der Waals surface area contributed by atoms with E-state index >= 15 is 0 Å². The van der Waals surface area contributed by atoms with Crippen molar-refractivity contribution in [1.82, 2.24) is 5.32 Å². The second-order valence-electron chi connectivity index (χ2n) is 10.3. The number of amides is 1. The van der Waals surface area contributed by atoms with Gasteiger partial charge in [-0.25, -0.2) is 0 Å². The number of hydrogen-bond acceptors (Lipinski definition) is 4. The van der Waals surface area contributed by atoms with Gasteiger partial charge >= 0.3 is 0 Å². The van der Waals surface area contributed by atoms with Gasteiger partial charge in [-0.15, -0.1) is 0 Å². The van der Waals surface area contributed by atoms with E-state index in [1.54, 1.807) is 0 Å². The van der Waals surface area contributed by atoms with Crippen LogP contribution in [0.3, 0.4) is 0 Å². The van der Waals surface area contributed by atoms with Gasteiger partial charge in [-0.3, -0.25) is 4.79 Å². The molecule has 4 N–H and O–H groups in total. The van der Waals surface area contributed by atoms with Gasteiger partial charge in [-0.2, -0.15) is 0 Å². The van der Waals surface area contributed by atoms with Gasteiger partial charge in [-0.1, -0.05) is 102 Å². The van der Waals surface area contributed by atoms with E-state index in [0.29, 0.717) is 12.8 Å². The summed E-state index contributed by atoms with van der Waals surface area (Å²) in [6.07, 6.45) is 30.9. The Hall–Kier alpha value is -1.43. The molecule has 3 atom stereocenters. The maximum absolute atomic E-state index is 12.2. The molecule has 37 heavy (non-hydrogen) atoms. The smallest absolute Gasteiger partial charge is 0.220 e. The topological polar surface area (TPSA) is 89.8 Å². The van der Waals surface area contributed by atoms with E-state index < -0.39 is 18.2 Å². The van der Waals surface area contributed by atoms with E-state index in [2.05, 4.69) is 55.6 Å². The highest BCUT2D eigenvalue weighted by atomic mass is 16.3. The summed E-state index contributed by atoms with van der Waals surface area (Å²) in [6, 6.07) is -0.827. The fourth-order valence-corrected chi connectivity index (χ4v) is 4.27. The third-order valence-electron chi connectivity index (χ3n) is 6.74. The van der Waals surface area contributed by atoms with Crippen molar-refractivity contribution in [1.29, 1.82) is 0 Å². The lowest BCUT2D eigenvalue weighted by molar-refractivity contribution is -0.124. The van der Waals surface area contributed by atoms with Gasteiger partial charge in [0, 0.05) is 6.42 Å². The minimum atomic E-state index is -1.16. The first-order valence-corrected chi connectivity index (χ1v) is 15.3. The fraction of sp³-hybridized carbons (Fsp3) is 0.781. The molecule has 0 bridgehead atoms. The summed E-state index contributed by atoms with van der Waals surface area (Å²) < 4.78 is 0. The molecular weight excluding hydrogens is 462 g/mol. The third-order valence-corrected chi connectivity index (χ3v) is 6.74. The predicted octanol–water partition coefficient (Wildman–Crippen LogP) is 7.31. The second kappa shape index (κ2) is 27.6. The molecule has 0 aliphatic rings. The predicted molar refractivity (Wildman–Crippen MR) is 158 cm³/mol. The Morgan fingerprint density at radius 3 is 1.73 bits per heavy atom. The summed E-state index contributed by atoms with van der Waals surface area (Å²) in [5.41, 5.74) is 0. The molecule has 0 rings (SSSR count). The van der Waals surface area contributed by atoms with Crippen molar-refractivity contribution in [3.05, 3.63) is 36.5 Å². The molecule has 0 radical (unpaired) electrons. The van der Waals surface area contributed by atoms with Crippen LogP contribution in [0.15, 0.2) is 36.5 Å². The molecule has 5 heteroatoms. The zero-order chi connectivity index (χ0) is 27.4. The van der Waals surface area contributed by atoms with Crippen LogP contribution >= 0.6 is 0 Å². The molecular formula is C32H59NO4. The molecule has 0 aromatic heterocycles. The normalized spacial score (nSPS) is 14.6. The van der Waals surface area contributed by atoms with Gasteiger partial charge in [0.05, 0.1) is 18.8 Å². The molecule has 0 aliphatic heterocycles. The molecule has 5 nitrogen and oxygen atoms in total. The van der Waals surface area contributed by atoms with Crippen molar-refractivity contribution in [3.8, 4) is 0 Å². The van der Waals surface area contributed by atoms with Crippen molar-refractivity contribution in [2.24, 2.45) is 0 Å². The molecule has 0 spiro atoms. The quantitative estimate of drug-likeness (QED) is 0.0546. The van der Waals surface area contributed by atoms with Crippen molar-refractivity contribution >= 4 is 5.91 Å². The van der Waals surface area contributed by atoms with Gasteiger partial charge in [0.25, 0.3) is 0 Å². The van der Waals surface area contributed by atoms with Crippen LogP contribution in [0.25, 0.3) is 0 Å². The van der Waals surface area contributed by atoms with Crippen LogP contribution in [0.2, 0.25) is 0 Å². The number of hydrogen-bond donors (Lipinski definition) is 4. The Morgan fingerprint density at radius 1 is 0.676 bits per heavy atom. The van der Waals surface area contributed by atoms with Gasteiger partial charge in [0.1, 0.15) is 6.10 Å². The fourth-order valence-electron chi connectivity index (χ4n) is 4.27. The third kappa shape index (κ3) is 23.4. The number of carbonyl (C=O) groups is 1. The summed E-state index contributed by atoms with van der Waals surface area (Å²) in [4.78, 5) is 12.2. The van der Waals surface area contributed by atoms with Crippen LogP contribution in [0, 0.1) is 0 Å². The van der Waals surface area contributed by atoms with Gasteiger partial charge in [0.15, 0.2) is 0 Å². The summed E-state index contributed by atoms with van der Waals surface area (Å²) in [5.74, 6) is -0.173. The number of rotatable bonds is 26. The maximum atomic E-state index is 12.2. The van der Waals surface area contributed by atoms with Crippen molar-refractivity contribution in [2.75, 3.05) is 6.61 Å². The van der Waals surface area contributed by atoms with Crippen LogP contribution in [-0.2, 0) is 4.79 Å². The van der Waals surface area contributed by atoms with Crippen LogP contribution in [0.5, 0.6) is 0 Å². The van der Waals surface area contributed by atoms with E-state index in [9.17, 15) is 20.1 Å². The standard InChI is InChI=1S/C32H59NO4/c1-3-5-7-9-11-13-14-15-16-17-18-19-21-23-25-27-31(36)33-29(28-34)32(37)30(35)26-24-22-20-12-10-8-6-4-2/h11-15,20,29-30,32,34-35,37H,3-10,16-19,21-28H2,1-2H3,(H,33,36)/b13-11-,15-14-,20-12+. The zero-order valence-electron chi connectivity index (χ0n) is 24.1. The number of nitrogens with one attached hydrogen (secondary N) is 1. The molecule has 0 aromatic rings. The molecule has 0 saturated carbocycles. The lowest BCUT2D eigenvalue weighted by Gasteiger charge is -2.26. The molecule has 0 aliphatic carbocycles. The lowest BCUT2D eigenvalue weighted by atomic mass is 10.0. The first-order valence-electron chi connectivity index (χ1n) is 15.3. The first kappa shape index (κ1) is 35.6. The average molecular weight is 522 g/mol. The summed E-state index contributed by atoms with van der Waals surface area (Å²) in [5, 5.41) is 33.0. The SMILES string of the molecule is CCCCC/C=C\C=C/CCCCCCCCC(=O)NC(CO)C(O)C(O)CCC/C=C/CCCCC. The number of carbonyl (C=O) groups excluding carboxylic acids is 1. The van der Waals surface area contributed by atoms with E-state index in [1.807, 2.05) is 0 Å². The molecule has 216 valence electrons. The van der Waals surface area contributed by atoms with Gasteiger partial charge in [-0.05, 0) is 64.2 Å². The Labute approximate surface area is 228 Å². The Bertz CT molecular complexity index is 587. The molecule has 0 saturated heterocycles. The number of allylic oxidation sites excluding steroid dienone is 6. The zero-order valence-corrected chi connectivity index (χ0v) is 24.1. The second-order valence-corrected chi connectivity index (χ2v) is 10.3. The van der Waals surface area contributed by atoms with Crippen LogP contribution < -0.4 is 5.32 Å². The Kier molecular flexibility index (Phi) is 26.5. The van der Waals surface area contributed by atoms with Crippen molar-refractivity contribution < 1.29 is 20.1 Å². The number of unbranched alkanes of at least 4 members (excludes halogenated alkanes) is 13. The van der Waals surface area contributed by atoms with Crippen molar-refractivity contribution in [2.45, 2.75) is 154 Å². The molecule has 0 fully saturated rings. The van der Waals surface area contributed by atoms with Gasteiger partial charge in [0.2, 0.25) is 5.91 Å². The molecule has 0 heterocycles. The maximum Gasteiger partial charge on any atom is 0.220 e. The van der Waals surface area contributed by atoms with Gasteiger partial charge < -0.3 is 20.6 Å². The largest absolute Gasteiger partial charge is 0.394 e. The molecule has 1 amide bonds. The first-order chi connectivity index (χ1) is 18.1. The van der Waals surface area contributed by atoms with Crippen molar-refractivity contribution in [3.63, 3.8) is 0 Å². The molecule has 3 unspecified atom stereocenters. The summed E-state index contributed by atoms with van der Waals surface area (Å²) >= 11 is 0. The minimum absolute atomic E-state index is 0.173. The van der Waals surface area contributed by atoms with E-state index in [-0.39, 0.29) is 12.5 Å². The van der Waals surface area contributed by atoms with E-state index in [4.69, 9.17) is 0 Å². The highest BCUT2D eigenvalue weighted by molar-refractivity contribution is 5.76. The number of aliphatic hydroxyl groups excluding tert-OH is 3. The van der Waals surface area contributed by atoms with E-state index in [0.717, 1.165) is 44.9 Å². The number of aliphatic hydroxyl groups is 3. The molecule has 0 aromatic carbocycles. The highest BCUT2D eigenvalue weighted by Gasteiger charge is 2.26. The summed E-state index contributed by atoms with van der Waals surface area (Å²) in [6.45, 7) is 4.03. The minimum Gasteiger partial charge on any atom is -0.394 e. The van der Waals surface area contributed by atoms with Crippen LogP contribution in [-0.4, -0.2) is 46.1 Å². The summed E-state index contributed by atoms with van der Waals surface area (Å²) in [7, 11) is 0. The van der Waals surface area contributed by atoms with Crippen LogP contribution in [0.4, 0.5) is 0 Å². The Morgan fingerprint density at radius 2 is 1.16 bits per heavy atom.